The average Bonchev–Trinajstić information content (AvgIpc) is 2.29. The molecule has 7 heteroatoms. The van der Waals surface area contributed by atoms with E-state index in [9.17, 15) is 14.9 Å². The molecule has 0 aliphatic rings. The van der Waals surface area contributed by atoms with E-state index < -0.39 is 4.92 Å². The van der Waals surface area contributed by atoms with Crippen molar-refractivity contribution in [2.45, 2.75) is 13.0 Å². The summed E-state index contributed by atoms with van der Waals surface area (Å²) in [6.45, 7) is 1.89. The molecule has 0 fully saturated rings. The summed E-state index contributed by atoms with van der Waals surface area (Å²) < 4.78 is 0.362. The summed E-state index contributed by atoms with van der Waals surface area (Å²) in [4.78, 5) is 22.1. The van der Waals surface area contributed by atoms with Gasteiger partial charge in [-0.3, -0.25) is 14.9 Å². The molecule has 0 aliphatic heterocycles. The van der Waals surface area contributed by atoms with Gasteiger partial charge < -0.3 is 5.32 Å². The maximum absolute atomic E-state index is 11.9. The Morgan fingerprint density at radius 2 is 2.28 bits per heavy atom. The van der Waals surface area contributed by atoms with Gasteiger partial charge >= 0.3 is 0 Å². The lowest BCUT2D eigenvalue weighted by molar-refractivity contribution is -0.385. The highest BCUT2D eigenvalue weighted by molar-refractivity contribution is 9.10. The molecule has 1 rings (SSSR count). The molecule has 1 atom stereocenters. The molecule has 0 saturated carbocycles. The minimum Gasteiger partial charge on any atom is -0.349 e. The van der Waals surface area contributed by atoms with E-state index in [0.717, 1.165) is 5.75 Å². The van der Waals surface area contributed by atoms with Gasteiger partial charge in [-0.25, -0.2) is 0 Å². The molecule has 0 saturated heterocycles. The van der Waals surface area contributed by atoms with Crippen LogP contribution in [0.4, 0.5) is 5.69 Å². The van der Waals surface area contributed by atoms with Crippen molar-refractivity contribution in [3.8, 4) is 0 Å². The molecule has 0 heterocycles. The van der Waals surface area contributed by atoms with E-state index >= 15 is 0 Å². The quantitative estimate of drug-likeness (QED) is 0.664. The molecule has 0 aliphatic carbocycles. The third kappa shape index (κ3) is 3.99. The van der Waals surface area contributed by atoms with E-state index in [4.69, 9.17) is 0 Å². The van der Waals surface area contributed by atoms with Gasteiger partial charge in [0.15, 0.2) is 0 Å². The first-order valence-corrected chi connectivity index (χ1v) is 7.38. The molecular formula is C11H13BrN2O3S. The SMILES string of the molecule is CSCC(C)NC(=O)c1ccc(Br)c([N+](=O)[O-])c1. The van der Waals surface area contributed by atoms with Crippen molar-refractivity contribution in [2.24, 2.45) is 0 Å². The fraction of sp³-hybridized carbons (Fsp3) is 0.364. The molecule has 1 unspecified atom stereocenters. The van der Waals surface area contributed by atoms with Crippen LogP contribution in [0.15, 0.2) is 22.7 Å². The lowest BCUT2D eigenvalue weighted by atomic mass is 10.2. The lowest BCUT2D eigenvalue weighted by Gasteiger charge is -2.12. The number of nitro benzene ring substituents is 1. The Labute approximate surface area is 118 Å². The molecule has 0 bridgehead atoms. The van der Waals surface area contributed by atoms with Crippen LogP contribution in [0.2, 0.25) is 0 Å². The fourth-order valence-electron chi connectivity index (χ4n) is 1.39. The summed E-state index contributed by atoms with van der Waals surface area (Å²) in [5, 5.41) is 13.5. The van der Waals surface area contributed by atoms with E-state index in [0.29, 0.717) is 4.47 Å². The van der Waals surface area contributed by atoms with Crippen LogP contribution in [-0.2, 0) is 0 Å². The van der Waals surface area contributed by atoms with Gasteiger partial charge in [0.1, 0.15) is 0 Å². The summed E-state index contributed by atoms with van der Waals surface area (Å²) in [7, 11) is 0. The Morgan fingerprint density at radius 3 is 2.83 bits per heavy atom. The van der Waals surface area contributed by atoms with E-state index in [1.165, 1.54) is 12.1 Å². The normalized spacial score (nSPS) is 11.9. The zero-order valence-corrected chi connectivity index (χ0v) is 12.4. The van der Waals surface area contributed by atoms with Crippen LogP contribution in [0.1, 0.15) is 17.3 Å². The number of thioether (sulfide) groups is 1. The van der Waals surface area contributed by atoms with Gasteiger partial charge in [-0.05, 0) is 41.2 Å². The average molecular weight is 333 g/mol. The number of rotatable bonds is 5. The molecule has 98 valence electrons. The van der Waals surface area contributed by atoms with E-state index in [1.807, 2.05) is 13.2 Å². The minimum absolute atomic E-state index is 0.0233. The van der Waals surface area contributed by atoms with E-state index in [2.05, 4.69) is 21.2 Å². The number of nitrogens with zero attached hydrogens (tertiary/aromatic N) is 1. The van der Waals surface area contributed by atoms with Crippen molar-refractivity contribution in [3.05, 3.63) is 38.3 Å². The van der Waals surface area contributed by atoms with E-state index in [-0.39, 0.29) is 23.2 Å². The van der Waals surface area contributed by atoms with Crippen LogP contribution < -0.4 is 5.32 Å². The third-order valence-electron chi connectivity index (χ3n) is 2.20. The van der Waals surface area contributed by atoms with Crippen molar-refractivity contribution in [1.82, 2.24) is 5.32 Å². The maximum atomic E-state index is 11.9. The molecule has 1 amide bonds. The summed E-state index contributed by atoms with van der Waals surface area (Å²) in [5.41, 5.74) is 0.179. The smallest absolute Gasteiger partial charge is 0.284 e. The van der Waals surface area contributed by atoms with Crippen LogP contribution in [0.3, 0.4) is 0 Å². The predicted octanol–water partition coefficient (Wildman–Crippen LogP) is 2.84. The summed E-state index contributed by atoms with van der Waals surface area (Å²) in [6, 6.07) is 4.35. The number of amides is 1. The fourth-order valence-corrected chi connectivity index (χ4v) is 2.37. The highest BCUT2D eigenvalue weighted by Gasteiger charge is 2.16. The van der Waals surface area contributed by atoms with Gasteiger partial charge in [-0.2, -0.15) is 11.8 Å². The molecule has 18 heavy (non-hydrogen) atoms. The highest BCUT2D eigenvalue weighted by Crippen LogP contribution is 2.25. The van der Waals surface area contributed by atoms with Crippen LogP contribution in [0.25, 0.3) is 0 Å². The Bertz CT molecular complexity index is 468. The summed E-state index contributed by atoms with van der Waals surface area (Å²) in [6.07, 6.45) is 1.95. The Balaban J connectivity index is 2.87. The molecule has 5 nitrogen and oxygen atoms in total. The number of nitrogens with one attached hydrogen (secondary N) is 1. The lowest BCUT2D eigenvalue weighted by Crippen LogP contribution is -2.34. The number of hydrogen-bond acceptors (Lipinski definition) is 4. The zero-order chi connectivity index (χ0) is 13.7. The molecule has 1 aromatic carbocycles. The first-order valence-electron chi connectivity index (χ1n) is 5.19. The number of carbonyl (C=O) groups excluding carboxylic acids is 1. The molecule has 1 N–H and O–H groups in total. The highest BCUT2D eigenvalue weighted by atomic mass is 79.9. The van der Waals surface area contributed by atoms with Crippen molar-refractivity contribution in [3.63, 3.8) is 0 Å². The van der Waals surface area contributed by atoms with Crippen molar-refractivity contribution >= 4 is 39.3 Å². The second-order valence-corrected chi connectivity index (χ2v) is 5.52. The van der Waals surface area contributed by atoms with Gasteiger partial charge in [0.2, 0.25) is 0 Å². The molecule has 1 aromatic rings. The van der Waals surface area contributed by atoms with Crippen LogP contribution in [0, 0.1) is 10.1 Å². The van der Waals surface area contributed by atoms with Gasteiger partial charge in [0, 0.05) is 23.4 Å². The van der Waals surface area contributed by atoms with Crippen LogP contribution >= 0.6 is 27.7 Å². The number of hydrogen-bond donors (Lipinski definition) is 1. The van der Waals surface area contributed by atoms with Gasteiger partial charge in [-0.1, -0.05) is 0 Å². The first-order chi connectivity index (χ1) is 8.45. The number of halogens is 1. The monoisotopic (exact) mass is 332 g/mol. The van der Waals surface area contributed by atoms with Gasteiger partial charge in [0.25, 0.3) is 11.6 Å². The summed E-state index contributed by atoms with van der Waals surface area (Å²) in [5.74, 6) is 0.497. The maximum Gasteiger partial charge on any atom is 0.284 e. The predicted molar refractivity (Wildman–Crippen MR) is 76.1 cm³/mol. The molecule has 0 aromatic heterocycles. The number of nitro groups is 1. The largest absolute Gasteiger partial charge is 0.349 e. The van der Waals surface area contributed by atoms with E-state index in [1.54, 1.807) is 17.8 Å². The van der Waals surface area contributed by atoms with Crippen molar-refractivity contribution in [2.75, 3.05) is 12.0 Å². The standard InChI is InChI=1S/C11H13BrN2O3S/c1-7(6-18-2)13-11(15)8-3-4-9(12)10(5-8)14(16)17/h3-5,7H,6H2,1-2H3,(H,13,15). The van der Waals surface area contributed by atoms with Gasteiger partial charge in [0.05, 0.1) is 9.40 Å². The molecule has 0 spiro atoms. The topological polar surface area (TPSA) is 72.2 Å². The second kappa shape index (κ2) is 6.75. The first kappa shape index (κ1) is 15.0. The number of benzene rings is 1. The number of carbonyl (C=O) groups is 1. The second-order valence-electron chi connectivity index (χ2n) is 3.75. The molecular weight excluding hydrogens is 320 g/mol. The van der Waals surface area contributed by atoms with Crippen molar-refractivity contribution in [1.29, 1.82) is 0 Å². The Hall–Kier alpha value is -1.08. The third-order valence-corrected chi connectivity index (χ3v) is 3.70. The Kier molecular flexibility index (Phi) is 5.61. The van der Waals surface area contributed by atoms with Gasteiger partial charge in [-0.15, -0.1) is 0 Å². The van der Waals surface area contributed by atoms with Crippen LogP contribution in [-0.4, -0.2) is 28.9 Å². The molecule has 0 radical (unpaired) electrons. The Morgan fingerprint density at radius 1 is 1.61 bits per heavy atom. The van der Waals surface area contributed by atoms with Crippen molar-refractivity contribution < 1.29 is 9.72 Å². The summed E-state index contributed by atoms with van der Waals surface area (Å²) >= 11 is 4.71. The zero-order valence-electron chi connectivity index (χ0n) is 9.97. The van der Waals surface area contributed by atoms with Crippen LogP contribution in [0.5, 0.6) is 0 Å². The minimum atomic E-state index is -0.522.